The zero-order valence-corrected chi connectivity index (χ0v) is 13.7. The highest BCUT2D eigenvalue weighted by Gasteiger charge is 2.11. The van der Waals surface area contributed by atoms with Crippen LogP contribution < -0.4 is 15.4 Å². The molecular weight excluding hydrogens is 348 g/mol. The fraction of sp³-hybridized carbons (Fsp3) is 0.125. The molecule has 6 heteroatoms. The van der Waals surface area contributed by atoms with Gasteiger partial charge in [-0.1, -0.05) is 22.0 Å². The van der Waals surface area contributed by atoms with E-state index in [0.717, 1.165) is 4.47 Å². The summed E-state index contributed by atoms with van der Waals surface area (Å²) in [4.78, 5) is 23.4. The summed E-state index contributed by atoms with van der Waals surface area (Å²) in [7, 11) is 1.52. The molecule has 2 N–H and O–H groups in total. The molecule has 2 rings (SSSR count). The Kier molecular flexibility index (Phi) is 5.16. The van der Waals surface area contributed by atoms with Crippen LogP contribution in [-0.2, 0) is 4.79 Å². The number of hydrogen-bond acceptors (Lipinski definition) is 3. The lowest BCUT2D eigenvalue weighted by Crippen LogP contribution is -2.13. The molecule has 5 nitrogen and oxygen atoms in total. The normalized spacial score (nSPS) is 9.95. The number of ether oxygens (including phenoxy) is 1. The van der Waals surface area contributed by atoms with E-state index in [4.69, 9.17) is 4.74 Å². The number of carbonyl (C=O) groups excluding carboxylic acids is 2. The molecule has 0 saturated carbocycles. The molecule has 2 amide bonds. The van der Waals surface area contributed by atoms with Gasteiger partial charge in [-0.15, -0.1) is 0 Å². The quantitative estimate of drug-likeness (QED) is 0.871. The van der Waals surface area contributed by atoms with Crippen LogP contribution in [0.4, 0.5) is 11.4 Å². The van der Waals surface area contributed by atoms with E-state index < -0.39 is 0 Å². The van der Waals surface area contributed by atoms with E-state index >= 15 is 0 Å². The number of carbonyl (C=O) groups is 2. The van der Waals surface area contributed by atoms with Crippen molar-refractivity contribution in [1.29, 1.82) is 0 Å². The minimum atomic E-state index is -0.264. The van der Waals surface area contributed by atoms with Crippen molar-refractivity contribution in [3.05, 3.63) is 52.5 Å². The maximum atomic E-state index is 12.3. The van der Waals surface area contributed by atoms with Gasteiger partial charge in [0.05, 0.1) is 12.8 Å². The molecule has 0 aliphatic heterocycles. The Balaban J connectivity index is 2.26. The van der Waals surface area contributed by atoms with E-state index in [0.29, 0.717) is 22.7 Å². The minimum Gasteiger partial charge on any atom is -0.495 e. The third-order valence-corrected chi connectivity index (χ3v) is 3.35. The maximum absolute atomic E-state index is 12.3. The Morgan fingerprint density at radius 3 is 2.50 bits per heavy atom. The number of benzene rings is 2. The molecule has 0 aromatic heterocycles. The van der Waals surface area contributed by atoms with Crippen LogP contribution in [0.3, 0.4) is 0 Å². The van der Waals surface area contributed by atoms with E-state index in [9.17, 15) is 9.59 Å². The second-order valence-electron chi connectivity index (χ2n) is 4.56. The molecule has 0 spiro atoms. The van der Waals surface area contributed by atoms with E-state index in [-0.39, 0.29) is 11.8 Å². The number of methoxy groups -OCH3 is 1. The fourth-order valence-corrected chi connectivity index (χ4v) is 2.31. The Morgan fingerprint density at radius 2 is 1.86 bits per heavy atom. The van der Waals surface area contributed by atoms with Gasteiger partial charge in [-0.05, 0) is 36.4 Å². The summed E-state index contributed by atoms with van der Waals surface area (Å²) < 4.78 is 6.05. The van der Waals surface area contributed by atoms with E-state index in [1.54, 1.807) is 36.4 Å². The maximum Gasteiger partial charge on any atom is 0.255 e. The van der Waals surface area contributed by atoms with Crippen molar-refractivity contribution in [1.82, 2.24) is 0 Å². The standard InChI is InChI=1S/C16H15BrN2O3/c1-10(20)18-13-6-7-15(22-2)14(9-13)19-16(21)11-4-3-5-12(17)8-11/h3-9H,1-2H3,(H,18,20)(H,19,21). The molecule has 0 unspecified atom stereocenters. The summed E-state index contributed by atoms with van der Waals surface area (Å²) in [5, 5.41) is 5.45. The highest BCUT2D eigenvalue weighted by atomic mass is 79.9. The first kappa shape index (κ1) is 16.0. The molecule has 0 saturated heterocycles. The van der Waals surface area contributed by atoms with E-state index in [1.807, 2.05) is 6.07 Å². The average Bonchev–Trinajstić information content (AvgIpc) is 2.47. The minimum absolute atomic E-state index is 0.186. The summed E-state index contributed by atoms with van der Waals surface area (Å²) in [5.41, 5.74) is 1.58. The van der Waals surface area contributed by atoms with Gasteiger partial charge in [0, 0.05) is 22.6 Å². The van der Waals surface area contributed by atoms with E-state index in [1.165, 1.54) is 14.0 Å². The van der Waals surface area contributed by atoms with Crippen molar-refractivity contribution in [2.75, 3.05) is 17.7 Å². The smallest absolute Gasteiger partial charge is 0.255 e. The first-order valence-electron chi connectivity index (χ1n) is 6.52. The lowest BCUT2D eigenvalue weighted by Gasteiger charge is -2.12. The molecule has 22 heavy (non-hydrogen) atoms. The third-order valence-electron chi connectivity index (χ3n) is 2.85. The number of anilines is 2. The Hall–Kier alpha value is -2.34. The van der Waals surface area contributed by atoms with Crippen molar-refractivity contribution in [3.63, 3.8) is 0 Å². The van der Waals surface area contributed by atoms with Crippen molar-refractivity contribution in [2.45, 2.75) is 6.92 Å². The van der Waals surface area contributed by atoms with Gasteiger partial charge >= 0.3 is 0 Å². The molecule has 0 radical (unpaired) electrons. The number of hydrogen-bond donors (Lipinski definition) is 2. The van der Waals surface area contributed by atoms with Crippen molar-refractivity contribution in [3.8, 4) is 5.75 Å². The molecule has 0 atom stereocenters. The molecule has 0 bridgehead atoms. The van der Waals surface area contributed by atoms with Crippen molar-refractivity contribution < 1.29 is 14.3 Å². The summed E-state index contributed by atoms with van der Waals surface area (Å²) in [6.45, 7) is 1.42. The van der Waals surface area contributed by atoms with Gasteiger partial charge < -0.3 is 15.4 Å². The first-order chi connectivity index (χ1) is 10.5. The van der Waals surface area contributed by atoms with Crippen LogP contribution in [0.1, 0.15) is 17.3 Å². The average molecular weight is 363 g/mol. The third kappa shape index (κ3) is 4.08. The highest BCUT2D eigenvalue weighted by Crippen LogP contribution is 2.28. The van der Waals surface area contributed by atoms with Gasteiger partial charge in [0.25, 0.3) is 5.91 Å². The predicted octanol–water partition coefficient (Wildman–Crippen LogP) is 3.67. The van der Waals surface area contributed by atoms with Gasteiger partial charge in [0.15, 0.2) is 0 Å². The van der Waals surface area contributed by atoms with Gasteiger partial charge in [0.1, 0.15) is 5.75 Å². The van der Waals surface area contributed by atoms with Gasteiger partial charge in [0.2, 0.25) is 5.91 Å². The fourth-order valence-electron chi connectivity index (χ4n) is 1.91. The number of nitrogens with one attached hydrogen (secondary N) is 2. The molecule has 0 heterocycles. The SMILES string of the molecule is COc1ccc(NC(C)=O)cc1NC(=O)c1cccc(Br)c1. The monoisotopic (exact) mass is 362 g/mol. The van der Waals surface area contributed by atoms with Crippen LogP contribution in [0, 0.1) is 0 Å². The highest BCUT2D eigenvalue weighted by molar-refractivity contribution is 9.10. The largest absolute Gasteiger partial charge is 0.495 e. The van der Waals surface area contributed by atoms with Crippen molar-refractivity contribution >= 4 is 39.1 Å². The molecule has 2 aromatic rings. The predicted molar refractivity (Wildman–Crippen MR) is 89.4 cm³/mol. The summed E-state index contributed by atoms with van der Waals surface area (Å²) >= 11 is 3.33. The summed E-state index contributed by atoms with van der Waals surface area (Å²) in [6.07, 6.45) is 0. The Bertz CT molecular complexity index is 716. The second-order valence-corrected chi connectivity index (χ2v) is 5.48. The molecule has 0 aliphatic rings. The summed E-state index contributed by atoms with van der Waals surface area (Å²) in [5.74, 6) is 0.0615. The van der Waals surface area contributed by atoms with Gasteiger partial charge in [-0.2, -0.15) is 0 Å². The molecular formula is C16H15BrN2O3. The first-order valence-corrected chi connectivity index (χ1v) is 7.31. The Morgan fingerprint density at radius 1 is 1.09 bits per heavy atom. The zero-order chi connectivity index (χ0) is 16.1. The van der Waals surface area contributed by atoms with Crippen LogP contribution in [-0.4, -0.2) is 18.9 Å². The van der Waals surface area contributed by atoms with Crippen LogP contribution in [0.2, 0.25) is 0 Å². The van der Waals surface area contributed by atoms with Crippen LogP contribution in [0.25, 0.3) is 0 Å². The number of rotatable bonds is 4. The van der Waals surface area contributed by atoms with Crippen LogP contribution >= 0.6 is 15.9 Å². The molecule has 0 aliphatic carbocycles. The van der Waals surface area contributed by atoms with E-state index in [2.05, 4.69) is 26.6 Å². The lowest BCUT2D eigenvalue weighted by atomic mass is 10.2. The zero-order valence-electron chi connectivity index (χ0n) is 12.1. The molecule has 2 aromatic carbocycles. The second kappa shape index (κ2) is 7.09. The van der Waals surface area contributed by atoms with Crippen LogP contribution in [0.5, 0.6) is 5.75 Å². The van der Waals surface area contributed by atoms with Gasteiger partial charge in [-0.3, -0.25) is 9.59 Å². The molecule has 114 valence electrons. The van der Waals surface area contributed by atoms with Crippen LogP contribution in [0.15, 0.2) is 46.9 Å². The summed E-state index contributed by atoms with van der Waals surface area (Å²) in [6, 6.07) is 12.1. The number of amides is 2. The topological polar surface area (TPSA) is 67.4 Å². The molecule has 0 fully saturated rings. The van der Waals surface area contributed by atoms with Crippen molar-refractivity contribution in [2.24, 2.45) is 0 Å². The Labute approximate surface area is 136 Å². The van der Waals surface area contributed by atoms with Gasteiger partial charge in [-0.25, -0.2) is 0 Å². The lowest BCUT2D eigenvalue weighted by molar-refractivity contribution is -0.114. The number of halogens is 1.